The van der Waals surface area contributed by atoms with Crippen LogP contribution < -0.4 is 14.8 Å². The summed E-state index contributed by atoms with van der Waals surface area (Å²) in [5, 5.41) is 12.1. The molecule has 1 amide bonds. The molecule has 1 heterocycles. The zero-order valence-electron chi connectivity index (χ0n) is 20.0. The molecule has 1 aliphatic heterocycles. The molecule has 1 aromatic carbocycles. The molecule has 0 radical (unpaired) electrons. The van der Waals surface area contributed by atoms with Crippen LogP contribution in [0.4, 0.5) is 0 Å². The van der Waals surface area contributed by atoms with Crippen LogP contribution in [0.25, 0.3) is 0 Å². The second kappa shape index (κ2) is 10.4. The average molecular weight is 458 g/mol. The first kappa shape index (κ1) is 24.8. The summed E-state index contributed by atoms with van der Waals surface area (Å²) < 4.78 is 12.2. The minimum Gasteiger partial charge on any atom is -0.487 e. The van der Waals surface area contributed by atoms with Gasteiger partial charge in [0, 0.05) is 36.4 Å². The Bertz CT molecular complexity index is 948. The number of carbonyl (C=O) groups is 3. The number of hydrogen-bond donors (Lipinski definition) is 2. The number of aryl methyl sites for hydroxylation is 1. The number of aliphatic carboxylic acids is 1. The predicted molar refractivity (Wildman–Crippen MR) is 124 cm³/mol. The van der Waals surface area contributed by atoms with E-state index in [1.165, 1.54) is 7.05 Å². The van der Waals surface area contributed by atoms with Gasteiger partial charge in [-0.05, 0) is 57.2 Å². The van der Waals surface area contributed by atoms with Crippen molar-refractivity contribution in [3.05, 3.63) is 34.9 Å². The summed E-state index contributed by atoms with van der Waals surface area (Å²) in [6.07, 6.45) is 7.01. The number of unbranched alkanes of at least 4 members (excludes halogenated alkanes) is 2. The summed E-state index contributed by atoms with van der Waals surface area (Å²) in [6.45, 7) is 6.21. The van der Waals surface area contributed by atoms with Crippen molar-refractivity contribution in [1.29, 1.82) is 0 Å². The molecule has 0 saturated carbocycles. The Hall–Kier alpha value is -2.83. The number of benzene rings is 1. The van der Waals surface area contributed by atoms with E-state index in [1.54, 1.807) is 6.08 Å². The van der Waals surface area contributed by atoms with E-state index in [0.717, 1.165) is 36.8 Å². The topological polar surface area (TPSA) is 102 Å². The lowest BCUT2D eigenvalue weighted by atomic mass is 9.67. The van der Waals surface area contributed by atoms with Crippen LogP contribution in [0.3, 0.4) is 0 Å². The Balaban J connectivity index is 2.02. The van der Waals surface area contributed by atoms with Crippen LogP contribution in [-0.2, 0) is 20.8 Å². The third kappa shape index (κ3) is 5.75. The summed E-state index contributed by atoms with van der Waals surface area (Å²) in [5.41, 5.74) is 1.64. The van der Waals surface area contributed by atoms with Crippen LogP contribution in [0, 0.1) is 5.92 Å². The van der Waals surface area contributed by atoms with Crippen molar-refractivity contribution in [1.82, 2.24) is 5.32 Å². The van der Waals surface area contributed by atoms with E-state index in [1.807, 2.05) is 26.0 Å². The van der Waals surface area contributed by atoms with E-state index in [0.29, 0.717) is 29.9 Å². The SMILES string of the molecule is CCCCCc1cc(OC(=O)CCC(=O)NC)c2c(c1)OC(C)(C)C1CCC(C(=O)O)=CC21. The van der Waals surface area contributed by atoms with Gasteiger partial charge in [-0.25, -0.2) is 4.79 Å². The highest BCUT2D eigenvalue weighted by molar-refractivity contribution is 5.87. The molecular weight excluding hydrogens is 422 g/mol. The van der Waals surface area contributed by atoms with Crippen molar-refractivity contribution in [3.63, 3.8) is 0 Å². The number of nitrogens with one attached hydrogen (secondary N) is 1. The minimum absolute atomic E-state index is 0.0365. The number of esters is 1. The highest BCUT2D eigenvalue weighted by Crippen LogP contribution is 2.53. The van der Waals surface area contributed by atoms with Gasteiger partial charge in [0.05, 0.1) is 6.42 Å². The average Bonchev–Trinajstić information content (AvgIpc) is 2.76. The maximum atomic E-state index is 12.6. The lowest BCUT2D eigenvalue weighted by molar-refractivity contribution is -0.136. The number of carboxylic acid groups (broad SMARTS) is 1. The molecule has 7 heteroatoms. The smallest absolute Gasteiger partial charge is 0.331 e. The van der Waals surface area contributed by atoms with Gasteiger partial charge >= 0.3 is 11.9 Å². The summed E-state index contributed by atoms with van der Waals surface area (Å²) in [5.74, 6) is -0.751. The van der Waals surface area contributed by atoms with Gasteiger partial charge in [-0.3, -0.25) is 9.59 Å². The molecule has 0 saturated heterocycles. The van der Waals surface area contributed by atoms with Crippen molar-refractivity contribution in [3.8, 4) is 11.5 Å². The zero-order chi connectivity index (χ0) is 24.2. The molecule has 2 unspecified atom stereocenters. The maximum Gasteiger partial charge on any atom is 0.331 e. The third-order valence-electron chi connectivity index (χ3n) is 6.70. The van der Waals surface area contributed by atoms with Gasteiger partial charge in [-0.2, -0.15) is 0 Å². The summed E-state index contributed by atoms with van der Waals surface area (Å²) in [6, 6.07) is 3.89. The lowest BCUT2D eigenvalue weighted by Crippen LogP contribution is -2.45. The van der Waals surface area contributed by atoms with Crippen molar-refractivity contribution >= 4 is 17.8 Å². The van der Waals surface area contributed by atoms with E-state index in [-0.39, 0.29) is 30.6 Å². The van der Waals surface area contributed by atoms with Gasteiger partial charge in [0.2, 0.25) is 5.91 Å². The predicted octanol–water partition coefficient (Wildman–Crippen LogP) is 4.53. The number of fused-ring (bicyclic) bond motifs is 3. The lowest BCUT2D eigenvalue weighted by Gasteiger charge is -2.46. The zero-order valence-corrected chi connectivity index (χ0v) is 20.0. The molecule has 33 heavy (non-hydrogen) atoms. The van der Waals surface area contributed by atoms with E-state index in [9.17, 15) is 19.5 Å². The molecule has 3 rings (SSSR count). The second-order valence-electron chi connectivity index (χ2n) is 9.48. The van der Waals surface area contributed by atoms with E-state index in [2.05, 4.69) is 12.2 Å². The Morgan fingerprint density at radius 3 is 2.64 bits per heavy atom. The standard InChI is InChI=1S/C26H35NO6/c1-5-6-7-8-16-13-20(32-23(29)12-11-22(28)27-4)24-18-15-17(25(30)31)9-10-19(18)26(2,3)33-21(24)14-16/h13-15,18-19H,5-12H2,1-4H3,(H,27,28)(H,30,31). The summed E-state index contributed by atoms with van der Waals surface area (Å²) in [4.78, 5) is 35.9. The van der Waals surface area contributed by atoms with Crippen LogP contribution in [0.5, 0.6) is 11.5 Å². The highest BCUT2D eigenvalue weighted by atomic mass is 16.5. The molecule has 180 valence electrons. The number of carboxylic acids is 1. The van der Waals surface area contributed by atoms with Crippen LogP contribution in [0.1, 0.15) is 82.8 Å². The highest BCUT2D eigenvalue weighted by Gasteiger charge is 2.46. The quantitative estimate of drug-likeness (QED) is 0.321. The van der Waals surface area contributed by atoms with Crippen LogP contribution >= 0.6 is 0 Å². The Morgan fingerprint density at radius 2 is 1.97 bits per heavy atom. The van der Waals surface area contributed by atoms with E-state index < -0.39 is 17.5 Å². The third-order valence-corrected chi connectivity index (χ3v) is 6.70. The summed E-state index contributed by atoms with van der Waals surface area (Å²) in [7, 11) is 1.53. The van der Waals surface area contributed by atoms with Crippen molar-refractivity contribution in [2.75, 3.05) is 7.05 Å². The van der Waals surface area contributed by atoms with Crippen LogP contribution in [-0.4, -0.2) is 35.6 Å². The molecule has 0 aromatic heterocycles. The Kier molecular flexibility index (Phi) is 7.82. The molecular formula is C26H35NO6. The van der Waals surface area contributed by atoms with Crippen LogP contribution in [0.2, 0.25) is 0 Å². The molecule has 0 fully saturated rings. The number of rotatable bonds is 9. The number of carbonyl (C=O) groups excluding carboxylic acids is 2. The molecule has 1 aliphatic carbocycles. The fraction of sp³-hybridized carbons (Fsp3) is 0.577. The van der Waals surface area contributed by atoms with Gasteiger partial charge in [0.1, 0.15) is 17.1 Å². The van der Waals surface area contributed by atoms with Gasteiger partial charge in [0.15, 0.2) is 0 Å². The fourth-order valence-electron chi connectivity index (χ4n) is 4.90. The van der Waals surface area contributed by atoms with Crippen molar-refractivity contribution in [2.24, 2.45) is 5.92 Å². The molecule has 7 nitrogen and oxygen atoms in total. The maximum absolute atomic E-state index is 12.6. The number of hydrogen-bond acceptors (Lipinski definition) is 5. The van der Waals surface area contributed by atoms with Crippen molar-refractivity contribution < 1.29 is 29.0 Å². The molecule has 0 spiro atoms. The van der Waals surface area contributed by atoms with Gasteiger partial charge in [0.25, 0.3) is 0 Å². The van der Waals surface area contributed by atoms with Gasteiger partial charge in [-0.1, -0.05) is 25.8 Å². The Labute approximate surface area is 195 Å². The second-order valence-corrected chi connectivity index (χ2v) is 9.48. The first-order valence-corrected chi connectivity index (χ1v) is 11.9. The number of amides is 1. The molecule has 0 bridgehead atoms. The van der Waals surface area contributed by atoms with E-state index >= 15 is 0 Å². The normalized spacial score (nSPS) is 20.5. The molecule has 2 atom stereocenters. The monoisotopic (exact) mass is 457 g/mol. The Morgan fingerprint density at radius 1 is 1.21 bits per heavy atom. The first-order chi connectivity index (χ1) is 15.7. The van der Waals surface area contributed by atoms with Crippen LogP contribution in [0.15, 0.2) is 23.8 Å². The minimum atomic E-state index is -0.917. The summed E-state index contributed by atoms with van der Waals surface area (Å²) >= 11 is 0. The van der Waals surface area contributed by atoms with E-state index in [4.69, 9.17) is 9.47 Å². The number of allylic oxidation sites excluding steroid dienone is 1. The van der Waals surface area contributed by atoms with Gasteiger partial charge in [-0.15, -0.1) is 0 Å². The number of ether oxygens (including phenoxy) is 2. The molecule has 1 aromatic rings. The largest absolute Gasteiger partial charge is 0.487 e. The first-order valence-electron chi connectivity index (χ1n) is 11.9. The fourth-order valence-corrected chi connectivity index (χ4v) is 4.90. The van der Waals surface area contributed by atoms with Crippen molar-refractivity contribution in [2.45, 2.75) is 83.7 Å². The molecule has 2 N–H and O–H groups in total. The molecule has 2 aliphatic rings. The van der Waals surface area contributed by atoms with Gasteiger partial charge < -0.3 is 19.9 Å².